The molecule has 1 amide bonds. The summed E-state index contributed by atoms with van der Waals surface area (Å²) < 4.78 is 39.7. The van der Waals surface area contributed by atoms with E-state index >= 15 is 0 Å². The van der Waals surface area contributed by atoms with Crippen LogP contribution in [0, 0.1) is 5.82 Å². The van der Waals surface area contributed by atoms with Crippen LogP contribution < -0.4 is 5.32 Å². The van der Waals surface area contributed by atoms with Gasteiger partial charge in [-0.05, 0) is 12.1 Å². The molecule has 0 aliphatic carbocycles. The van der Waals surface area contributed by atoms with Gasteiger partial charge in [0.1, 0.15) is 16.6 Å². The minimum Gasteiger partial charge on any atom is -0.353 e. The first-order chi connectivity index (χ1) is 13.4. The minimum atomic E-state index is -2.64. The maximum atomic E-state index is 13.6. The number of H-pyrrole nitrogens is 1. The maximum Gasteiger partial charge on any atom is 0.274 e. The normalized spacial score (nSPS) is 11.3. The minimum absolute atomic E-state index is 0.175. The van der Waals surface area contributed by atoms with Crippen molar-refractivity contribution in [3.05, 3.63) is 47.5 Å². The predicted molar refractivity (Wildman–Crippen MR) is 99.7 cm³/mol. The van der Waals surface area contributed by atoms with Crippen molar-refractivity contribution in [2.45, 2.75) is 13.3 Å². The molecule has 28 heavy (non-hydrogen) atoms. The number of nitrogens with one attached hydrogen (secondary N) is 2. The molecule has 0 aliphatic heterocycles. The number of aromatic nitrogens is 4. The number of halogens is 3. The molecule has 0 spiro atoms. The number of aromatic amines is 1. The van der Waals surface area contributed by atoms with Crippen molar-refractivity contribution in [3.8, 4) is 21.8 Å². The molecule has 0 atom stereocenters. The van der Waals surface area contributed by atoms with Crippen LogP contribution in [0.3, 0.4) is 0 Å². The van der Waals surface area contributed by atoms with Crippen LogP contribution in [0.15, 0.2) is 36.8 Å². The molecule has 0 aliphatic rings. The number of hydrogen-bond acceptors (Lipinski definition) is 5. The molecule has 0 fully saturated rings. The molecule has 6 nitrogen and oxygen atoms in total. The number of carbonyl (C=O) groups excluding carboxylic acids is 1. The Labute approximate surface area is 160 Å². The van der Waals surface area contributed by atoms with Gasteiger partial charge < -0.3 is 10.3 Å². The molecule has 0 saturated carbocycles. The van der Waals surface area contributed by atoms with Crippen LogP contribution in [0.4, 0.5) is 19.0 Å². The first-order valence-corrected chi connectivity index (χ1v) is 8.89. The van der Waals surface area contributed by atoms with Crippen LogP contribution in [0.25, 0.3) is 32.9 Å². The van der Waals surface area contributed by atoms with Gasteiger partial charge in [-0.25, -0.2) is 23.1 Å². The Bertz CT molecular complexity index is 1190. The fourth-order valence-electron chi connectivity index (χ4n) is 2.81. The third-order valence-electron chi connectivity index (χ3n) is 3.91. The van der Waals surface area contributed by atoms with Gasteiger partial charge in [-0.1, -0.05) is 0 Å². The van der Waals surface area contributed by atoms with Crippen LogP contribution in [0.5, 0.6) is 0 Å². The molecule has 142 valence electrons. The fraction of sp³-hybridized carbons (Fsp3) is 0.111. The molecule has 10 heteroatoms. The van der Waals surface area contributed by atoms with Crippen molar-refractivity contribution < 1.29 is 18.0 Å². The summed E-state index contributed by atoms with van der Waals surface area (Å²) in [6, 6.07) is 4.57. The number of anilines is 1. The fourth-order valence-corrected chi connectivity index (χ4v) is 3.64. The Hall–Kier alpha value is -3.27. The van der Waals surface area contributed by atoms with E-state index in [9.17, 15) is 18.0 Å². The number of hydrogen-bond donors (Lipinski definition) is 2. The number of rotatable bonds is 4. The molecule has 4 rings (SSSR count). The Kier molecular flexibility index (Phi) is 4.55. The smallest absolute Gasteiger partial charge is 0.274 e. The summed E-state index contributed by atoms with van der Waals surface area (Å²) in [6.07, 6.45) is 1.03. The Morgan fingerprint density at radius 1 is 1.21 bits per heavy atom. The summed E-state index contributed by atoms with van der Waals surface area (Å²) in [5.41, 5.74) is 2.41. The highest BCUT2D eigenvalue weighted by atomic mass is 32.1. The molecule has 0 unspecified atom stereocenters. The van der Waals surface area contributed by atoms with Crippen LogP contribution in [-0.2, 0) is 4.79 Å². The zero-order chi connectivity index (χ0) is 19.8. The first kappa shape index (κ1) is 18.1. The first-order valence-electron chi connectivity index (χ1n) is 8.08. The van der Waals surface area contributed by atoms with E-state index in [0.29, 0.717) is 38.7 Å². The number of fused-ring (bicyclic) bond motifs is 1. The van der Waals surface area contributed by atoms with Crippen LogP contribution >= 0.6 is 11.3 Å². The van der Waals surface area contributed by atoms with Gasteiger partial charge in [0.25, 0.3) is 6.43 Å². The third kappa shape index (κ3) is 3.33. The molecule has 4 aromatic heterocycles. The summed E-state index contributed by atoms with van der Waals surface area (Å²) in [7, 11) is 0. The van der Waals surface area contributed by atoms with Gasteiger partial charge in [0.2, 0.25) is 5.91 Å². The lowest BCUT2D eigenvalue weighted by Crippen LogP contribution is -2.07. The average Bonchev–Trinajstić information content (AvgIpc) is 3.25. The second kappa shape index (κ2) is 7.04. The van der Waals surface area contributed by atoms with Crippen molar-refractivity contribution in [1.29, 1.82) is 0 Å². The van der Waals surface area contributed by atoms with Crippen LogP contribution in [-0.4, -0.2) is 25.8 Å². The van der Waals surface area contributed by atoms with Gasteiger partial charge in [0.15, 0.2) is 0 Å². The topological polar surface area (TPSA) is 83.6 Å². The van der Waals surface area contributed by atoms with Gasteiger partial charge in [0.05, 0.1) is 33.4 Å². The van der Waals surface area contributed by atoms with Crippen LogP contribution in [0.1, 0.15) is 18.2 Å². The number of nitrogens with zero attached hydrogens (tertiary/aromatic N) is 3. The number of amides is 1. The van der Waals surface area contributed by atoms with E-state index < -0.39 is 12.2 Å². The molecule has 4 heterocycles. The van der Waals surface area contributed by atoms with E-state index in [2.05, 4.69) is 25.3 Å². The molecule has 4 aromatic rings. The van der Waals surface area contributed by atoms with Gasteiger partial charge in [-0.15, -0.1) is 11.3 Å². The van der Waals surface area contributed by atoms with Crippen LogP contribution in [0.2, 0.25) is 0 Å². The quantitative estimate of drug-likeness (QED) is 0.514. The lowest BCUT2D eigenvalue weighted by atomic mass is 10.1. The van der Waals surface area contributed by atoms with E-state index in [1.807, 2.05) is 0 Å². The van der Waals surface area contributed by atoms with E-state index in [1.165, 1.54) is 19.2 Å². The highest BCUT2D eigenvalue weighted by Crippen LogP contribution is 2.41. The second-order valence-corrected chi connectivity index (χ2v) is 6.97. The zero-order valence-electron chi connectivity index (χ0n) is 14.3. The predicted octanol–water partition coefficient (Wildman–Crippen LogP) is 4.78. The molecule has 0 bridgehead atoms. The molecule has 0 aromatic carbocycles. The van der Waals surface area contributed by atoms with E-state index in [-0.39, 0.29) is 10.8 Å². The van der Waals surface area contributed by atoms with Crippen molar-refractivity contribution in [2.24, 2.45) is 0 Å². The van der Waals surface area contributed by atoms with E-state index in [4.69, 9.17) is 0 Å². The lowest BCUT2D eigenvalue weighted by molar-refractivity contribution is -0.114. The van der Waals surface area contributed by atoms with Gasteiger partial charge in [-0.2, -0.15) is 0 Å². The summed E-state index contributed by atoms with van der Waals surface area (Å²) >= 11 is 0.841. The van der Waals surface area contributed by atoms with Crippen molar-refractivity contribution in [1.82, 2.24) is 19.9 Å². The Balaban J connectivity index is 1.94. The van der Waals surface area contributed by atoms with Crippen molar-refractivity contribution >= 4 is 34.1 Å². The number of carbonyl (C=O) groups is 1. The molecule has 0 radical (unpaired) electrons. The summed E-state index contributed by atoms with van der Waals surface area (Å²) in [4.78, 5) is 26.5. The van der Waals surface area contributed by atoms with E-state index in [1.54, 1.807) is 12.1 Å². The highest BCUT2D eigenvalue weighted by Gasteiger charge is 2.22. The summed E-state index contributed by atoms with van der Waals surface area (Å²) in [6.45, 7) is 1.36. The lowest BCUT2D eigenvalue weighted by Gasteiger charge is -2.05. The standard InChI is InChI=1S/C18H12F3N5OS/c1-8(27)25-13-4-9(2-3-22-13)15-14(18-24-7-12(28-18)17(20)21)16-11(26-15)5-10(19)6-23-16/h2-7,17,26H,1H3,(H,22,25,27). The molecular formula is C18H12F3N5OS. The SMILES string of the molecule is CC(=O)Nc1cc(-c2[nH]c3cc(F)cnc3c2-c2ncc(C(F)F)s2)ccn1. The van der Waals surface area contributed by atoms with E-state index in [0.717, 1.165) is 23.7 Å². The van der Waals surface area contributed by atoms with Crippen molar-refractivity contribution in [2.75, 3.05) is 5.32 Å². The van der Waals surface area contributed by atoms with Crippen molar-refractivity contribution in [3.63, 3.8) is 0 Å². The summed E-state index contributed by atoms with van der Waals surface area (Å²) in [5.74, 6) is -0.499. The third-order valence-corrected chi connectivity index (χ3v) is 4.93. The average molecular weight is 403 g/mol. The highest BCUT2D eigenvalue weighted by molar-refractivity contribution is 7.15. The molecule has 2 N–H and O–H groups in total. The Morgan fingerprint density at radius 3 is 2.75 bits per heavy atom. The van der Waals surface area contributed by atoms with Gasteiger partial charge in [-0.3, -0.25) is 9.78 Å². The number of pyridine rings is 2. The monoisotopic (exact) mass is 403 g/mol. The summed E-state index contributed by atoms with van der Waals surface area (Å²) in [5, 5.41) is 2.91. The maximum absolute atomic E-state index is 13.6. The second-order valence-electron chi connectivity index (χ2n) is 5.90. The molecule has 0 saturated heterocycles. The Morgan fingerprint density at radius 2 is 2.04 bits per heavy atom. The van der Waals surface area contributed by atoms with Gasteiger partial charge in [0, 0.05) is 30.9 Å². The molecular weight excluding hydrogens is 391 g/mol. The largest absolute Gasteiger partial charge is 0.353 e. The number of alkyl halides is 2. The number of thiazole rings is 1. The zero-order valence-corrected chi connectivity index (χ0v) is 15.1. The van der Waals surface area contributed by atoms with Gasteiger partial charge >= 0.3 is 0 Å².